The Hall–Kier alpha value is -0.933. The Labute approximate surface area is 146 Å². The number of nitrogens with one attached hydrogen (secondary N) is 1. The molecule has 1 aromatic rings. The third-order valence-corrected chi connectivity index (χ3v) is 9.81. The Bertz CT molecular complexity index is 696. The molecular formula is C15H25ClN2O5Si. The molecule has 1 fully saturated rings. The molecule has 1 aliphatic rings. The molecule has 136 valence electrons. The quantitative estimate of drug-likeness (QED) is 0.612. The Morgan fingerprint density at radius 3 is 2.58 bits per heavy atom. The maximum Gasteiger partial charge on any atom is 0.330 e. The fourth-order valence-corrected chi connectivity index (χ4v) is 3.56. The molecule has 1 saturated heterocycles. The van der Waals surface area contributed by atoms with Crippen LogP contribution in [0, 0.1) is 0 Å². The maximum absolute atomic E-state index is 11.9. The number of alkyl halides is 1. The van der Waals surface area contributed by atoms with Crippen LogP contribution in [-0.2, 0) is 9.16 Å². The predicted octanol–water partition coefficient (Wildman–Crippen LogP) is 1.42. The molecule has 0 aliphatic carbocycles. The molecule has 0 saturated carbocycles. The number of ether oxygens (including phenoxy) is 1. The standard InChI is InChI=1S/C15H25ClN2O5Si/c1-15(2,3)24(4,5)22-8-9-12(20)11(16)13(23-9)18-7-6-10(19)17-14(18)21/h6-7,9,11-13,20H,8H2,1-5H3,(H,17,19,21)/t9-,11-,12-,13-/m1/s1. The highest BCUT2D eigenvalue weighted by Crippen LogP contribution is 2.38. The van der Waals surface area contributed by atoms with Gasteiger partial charge in [0.15, 0.2) is 14.5 Å². The van der Waals surface area contributed by atoms with Crippen LogP contribution >= 0.6 is 11.6 Å². The third-order valence-electron chi connectivity index (χ3n) is 4.83. The van der Waals surface area contributed by atoms with E-state index in [-0.39, 0.29) is 11.6 Å². The summed E-state index contributed by atoms with van der Waals surface area (Å²) in [4.78, 5) is 25.2. The van der Waals surface area contributed by atoms with Crippen LogP contribution in [0.25, 0.3) is 0 Å². The first-order valence-electron chi connectivity index (χ1n) is 7.87. The topological polar surface area (TPSA) is 93.5 Å². The number of aromatic nitrogens is 2. The number of rotatable bonds is 4. The van der Waals surface area contributed by atoms with E-state index in [4.69, 9.17) is 20.8 Å². The van der Waals surface area contributed by atoms with Crippen LogP contribution in [0.5, 0.6) is 0 Å². The van der Waals surface area contributed by atoms with E-state index in [2.05, 4.69) is 38.8 Å². The summed E-state index contributed by atoms with van der Waals surface area (Å²) in [5.74, 6) is 0. The number of aromatic amines is 1. The molecule has 2 heterocycles. The van der Waals surface area contributed by atoms with Crippen LogP contribution in [0.15, 0.2) is 21.9 Å². The molecule has 2 N–H and O–H groups in total. The van der Waals surface area contributed by atoms with Crippen molar-refractivity contribution in [1.29, 1.82) is 0 Å². The first-order valence-corrected chi connectivity index (χ1v) is 11.2. The molecule has 0 bridgehead atoms. The summed E-state index contributed by atoms with van der Waals surface area (Å²) in [5, 5.41) is 9.54. The van der Waals surface area contributed by atoms with Crippen molar-refractivity contribution < 1.29 is 14.3 Å². The summed E-state index contributed by atoms with van der Waals surface area (Å²) in [6.07, 6.45) is -1.16. The predicted molar refractivity (Wildman–Crippen MR) is 94.0 cm³/mol. The largest absolute Gasteiger partial charge is 0.414 e. The van der Waals surface area contributed by atoms with E-state index in [1.54, 1.807) is 0 Å². The van der Waals surface area contributed by atoms with Gasteiger partial charge in [0.2, 0.25) is 0 Å². The van der Waals surface area contributed by atoms with Crippen LogP contribution in [0.3, 0.4) is 0 Å². The van der Waals surface area contributed by atoms with Crippen molar-refractivity contribution in [3.05, 3.63) is 33.1 Å². The molecule has 1 aliphatic heterocycles. The van der Waals surface area contributed by atoms with Crippen LogP contribution in [0.1, 0.15) is 27.0 Å². The summed E-state index contributed by atoms with van der Waals surface area (Å²) in [5.41, 5.74) is -1.13. The minimum atomic E-state index is -1.99. The van der Waals surface area contributed by atoms with Gasteiger partial charge in [-0.25, -0.2) is 4.79 Å². The summed E-state index contributed by atoms with van der Waals surface area (Å²) in [7, 11) is -1.99. The monoisotopic (exact) mass is 376 g/mol. The zero-order valence-corrected chi connectivity index (χ0v) is 16.3. The molecule has 0 radical (unpaired) electrons. The van der Waals surface area contributed by atoms with E-state index < -0.39 is 43.4 Å². The number of hydrogen-bond donors (Lipinski definition) is 2. The van der Waals surface area contributed by atoms with Gasteiger partial charge in [-0.15, -0.1) is 11.6 Å². The smallest absolute Gasteiger partial charge is 0.330 e. The molecule has 2 rings (SSSR count). The second-order valence-corrected chi connectivity index (χ2v) is 12.9. The van der Waals surface area contributed by atoms with Crippen LogP contribution in [0.4, 0.5) is 0 Å². The Kier molecular flexibility index (Phi) is 5.46. The van der Waals surface area contributed by atoms with Gasteiger partial charge in [0.1, 0.15) is 17.6 Å². The van der Waals surface area contributed by atoms with Crippen LogP contribution in [0.2, 0.25) is 18.1 Å². The normalized spacial score (nSPS) is 28.3. The molecule has 0 unspecified atom stereocenters. The molecule has 7 nitrogen and oxygen atoms in total. The fourth-order valence-electron chi connectivity index (χ4n) is 2.20. The van der Waals surface area contributed by atoms with Gasteiger partial charge in [-0.3, -0.25) is 14.3 Å². The number of H-pyrrole nitrogens is 1. The average Bonchev–Trinajstić information content (AvgIpc) is 2.72. The number of nitrogens with zero attached hydrogens (tertiary/aromatic N) is 1. The lowest BCUT2D eigenvalue weighted by Gasteiger charge is -2.37. The fraction of sp³-hybridized carbons (Fsp3) is 0.733. The van der Waals surface area contributed by atoms with Crippen molar-refractivity contribution in [2.45, 2.75) is 62.7 Å². The highest BCUT2D eigenvalue weighted by molar-refractivity contribution is 6.74. The minimum absolute atomic E-state index is 0.0339. The van der Waals surface area contributed by atoms with Gasteiger partial charge in [0.25, 0.3) is 5.56 Å². The molecule has 0 spiro atoms. The maximum atomic E-state index is 11.9. The van der Waals surface area contributed by atoms with E-state index in [0.29, 0.717) is 0 Å². The van der Waals surface area contributed by atoms with Gasteiger partial charge in [-0.1, -0.05) is 20.8 Å². The van der Waals surface area contributed by atoms with Crippen molar-refractivity contribution in [2.75, 3.05) is 6.61 Å². The highest BCUT2D eigenvalue weighted by Gasteiger charge is 2.46. The van der Waals surface area contributed by atoms with Crippen molar-refractivity contribution in [3.8, 4) is 0 Å². The van der Waals surface area contributed by atoms with Crippen molar-refractivity contribution in [3.63, 3.8) is 0 Å². The zero-order valence-electron chi connectivity index (χ0n) is 14.6. The first kappa shape index (κ1) is 19.4. The molecule has 24 heavy (non-hydrogen) atoms. The van der Waals surface area contributed by atoms with Gasteiger partial charge in [-0.2, -0.15) is 0 Å². The van der Waals surface area contributed by atoms with E-state index >= 15 is 0 Å². The lowest BCUT2D eigenvalue weighted by atomic mass is 10.2. The van der Waals surface area contributed by atoms with Gasteiger partial charge >= 0.3 is 5.69 Å². The number of hydrogen-bond acceptors (Lipinski definition) is 5. The molecule has 0 aromatic carbocycles. The summed E-state index contributed by atoms with van der Waals surface area (Å²) >= 11 is 6.24. The van der Waals surface area contributed by atoms with Crippen LogP contribution in [-0.4, -0.2) is 47.2 Å². The first-order chi connectivity index (χ1) is 10.9. The van der Waals surface area contributed by atoms with Crippen LogP contribution < -0.4 is 11.2 Å². The Morgan fingerprint density at radius 2 is 2.04 bits per heavy atom. The summed E-state index contributed by atoms with van der Waals surface area (Å²) in [6, 6.07) is 1.21. The summed E-state index contributed by atoms with van der Waals surface area (Å²) < 4.78 is 13.0. The molecule has 4 atom stereocenters. The average molecular weight is 377 g/mol. The van der Waals surface area contributed by atoms with Crippen molar-refractivity contribution >= 4 is 19.9 Å². The molecule has 9 heteroatoms. The van der Waals surface area contributed by atoms with Crippen molar-refractivity contribution in [2.24, 2.45) is 0 Å². The lowest BCUT2D eigenvalue weighted by Crippen LogP contribution is -2.44. The lowest BCUT2D eigenvalue weighted by molar-refractivity contribution is -0.0431. The number of halogens is 1. The number of aliphatic hydroxyl groups is 1. The van der Waals surface area contributed by atoms with E-state index in [0.717, 1.165) is 0 Å². The molecule has 0 amide bonds. The Morgan fingerprint density at radius 1 is 1.42 bits per heavy atom. The van der Waals surface area contributed by atoms with E-state index in [1.165, 1.54) is 16.8 Å². The van der Waals surface area contributed by atoms with Gasteiger partial charge in [0, 0.05) is 12.3 Å². The number of aliphatic hydroxyl groups excluding tert-OH is 1. The van der Waals surface area contributed by atoms with Gasteiger partial charge < -0.3 is 14.3 Å². The second-order valence-electron chi connectivity index (χ2n) is 7.59. The van der Waals surface area contributed by atoms with E-state index in [1.807, 2.05) is 0 Å². The molecule has 1 aromatic heterocycles. The minimum Gasteiger partial charge on any atom is -0.414 e. The second kappa shape index (κ2) is 6.76. The zero-order chi connectivity index (χ0) is 18.3. The molecular weight excluding hydrogens is 352 g/mol. The highest BCUT2D eigenvalue weighted by atomic mass is 35.5. The Balaban J connectivity index is 2.13. The van der Waals surface area contributed by atoms with Gasteiger partial charge in [0.05, 0.1) is 6.61 Å². The van der Waals surface area contributed by atoms with E-state index in [9.17, 15) is 14.7 Å². The van der Waals surface area contributed by atoms with Gasteiger partial charge in [-0.05, 0) is 18.1 Å². The SMILES string of the molecule is CC(C)(C)[Si](C)(C)OC[C@H]1O[C@@H](n2ccc(=O)[nH]c2=O)[C@H](Cl)[C@@H]1O. The van der Waals surface area contributed by atoms with Crippen molar-refractivity contribution in [1.82, 2.24) is 9.55 Å². The third kappa shape index (κ3) is 3.83. The summed E-state index contributed by atoms with van der Waals surface area (Å²) in [6.45, 7) is 10.8.